The van der Waals surface area contributed by atoms with Gasteiger partial charge in [0.15, 0.2) is 0 Å². The fourth-order valence-electron chi connectivity index (χ4n) is 6.24. The third-order valence-electron chi connectivity index (χ3n) is 7.68. The van der Waals surface area contributed by atoms with Crippen LogP contribution in [0.5, 0.6) is 0 Å². The van der Waals surface area contributed by atoms with Crippen LogP contribution in [-0.2, 0) is 14.8 Å². The second kappa shape index (κ2) is 6.49. The Balaban J connectivity index is 1.25. The summed E-state index contributed by atoms with van der Waals surface area (Å²) < 4.78 is 41.3. The Kier molecular flexibility index (Phi) is 4.35. The monoisotopic (exact) mass is 421 g/mol. The minimum absolute atomic E-state index is 0.000998. The molecule has 0 spiro atoms. The summed E-state index contributed by atoms with van der Waals surface area (Å²) in [6.07, 6.45) is 6.60. The largest absolute Gasteiger partial charge is 0.352 e. The number of carbonyl (C=O) groups is 1. The second-order valence-corrected chi connectivity index (χ2v) is 11.6. The molecule has 5 fully saturated rings. The Hall–Kier alpha value is -1.51. The van der Waals surface area contributed by atoms with E-state index in [-0.39, 0.29) is 28.9 Å². The average Bonchev–Trinajstić information content (AvgIpc) is 3.43. The fraction of sp³-hybridized carbons (Fsp3) is 0.667. The molecule has 0 saturated heterocycles. The van der Waals surface area contributed by atoms with E-state index < -0.39 is 21.3 Å². The molecule has 6 nitrogen and oxygen atoms in total. The first kappa shape index (κ1) is 19.5. The number of benzene rings is 1. The van der Waals surface area contributed by atoms with E-state index in [2.05, 4.69) is 10.0 Å². The lowest BCUT2D eigenvalue weighted by Gasteiger charge is -2.59. The number of amides is 1. The predicted molar refractivity (Wildman–Crippen MR) is 106 cm³/mol. The summed E-state index contributed by atoms with van der Waals surface area (Å²) in [5.41, 5.74) is 5.79. The lowest BCUT2D eigenvalue weighted by atomic mass is 9.51. The van der Waals surface area contributed by atoms with Crippen molar-refractivity contribution >= 4 is 15.9 Å². The fourth-order valence-corrected chi connectivity index (χ4v) is 7.44. The van der Waals surface area contributed by atoms with Crippen molar-refractivity contribution in [1.29, 1.82) is 0 Å². The minimum atomic E-state index is -4.00. The van der Waals surface area contributed by atoms with Crippen molar-refractivity contribution in [1.82, 2.24) is 10.0 Å². The molecule has 1 aromatic rings. The predicted octanol–water partition coefficient (Wildman–Crippen LogP) is 1.91. The van der Waals surface area contributed by atoms with Crippen molar-refractivity contribution in [3.05, 3.63) is 30.1 Å². The van der Waals surface area contributed by atoms with Gasteiger partial charge in [0.25, 0.3) is 0 Å². The van der Waals surface area contributed by atoms with Gasteiger partial charge in [-0.15, -0.1) is 0 Å². The minimum Gasteiger partial charge on any atom is -0.352 e. The molecule has 6 rings (SSSR count). The summed E-state index contributed by atoms with van der Waals surface area (Å²) in [6.45, 7) is 0.000998. The van der Waals surface area contributed by atoms with Crippen LogP contribution >= 0.6 is 0 Å². The maximum Gasteiger partial charge on any atom is 0.243 e. The second-order valence-electron chi connectivity index (χ2n) is 9.87. The van der Waals surface area contributed by atoms with Crippen molar-refractivity contribution in [2.75, 3.05) is 6.54 Å². The molecule has 2 unspecified atom stereocenters. The number of sulfonamides is 1. The molecule has 5 aliphatic carbocycles. The lowest BCUT2D eigenvalue weighted by molar-refractivity contribution is -0.130. The average molecular weight is 422 g/mol. The van der Waals surface area contributed by atoms with E-state index in [0.717, 1.165) is 38.2 Å². The molecular formula is C21H28FN3O3S. The smallest absolute Gasteiger partial charge is 0.243 e. The van der Waals surface area contributed by atoms with Gasteiger partial charge in [0.2, 0.25) is 15.9 Å². The van der Waals surface area contributed by atoms with E-state index in [1.807, 2.05) is 0 Å². The molecule has 8 heteroatoms. The molecule has 0 aliphatic heterocycles. The third kappa shape index (κ3) is 3.39. The Morgan fingerprint density at radius 3 is 2.38 bits per heavy atom. The SMILES string of the molecule is NC12CC3CC(C1)C(NC(=O)C1(CNS(=O)(=O)c4ccccc4F)CC1)C(C3)C2. The summed E-state index contributed by atoms with van der Waals surface area (Å²) in [5, 5.41) is 3.27. The van der Waals surface area contributed by atoms with E-state index in [4.69, 9.17) is 5.73 Å². The first-order valence-corrected chi connectivity index (χ1v) is 12.0. The van der Waals surface area contributed by atoms with E-state index in [1.54, 1.807) is 0 Å². The maximum absolute atomic E-state index is 13.9. The summed E-state index contributed by atoms with van der Waals surface area (Å²) in [5.74, 6) is 0.686. The van der Waals surface area contributed by atoms with E-state index >= 15 is 0 Å². The van der Waals surface area contributed by atoms with Gasteiger partial charge in [-0.1, -0.05) is 12.1 Å². The summed E-state index contributed by atoms with van der Waals surface area (Å²) in [6, 6.07) is 5.42. The van der Waals surface area contributed by atoms with Crippen molar-refractivity contribution in [3.8, 4) is 0 Å². The standard InChI is InChI=1S/C21H28FN3O3S/c22-16-3-1-2-4-17(16)29(27,28)24-12-20(5-6-20)19(26)25-18-14-7-13-8-15(18)11-21(23,9-13)10-14/h1-4,13-15,18,24H,5-12,23H2,(H,25,26). The Morgan fingerprint density at radius 2 is 1.79 bits per heavy atom. The van der Waals surface area contributed by atoms with Crippen LogP contribution in [0, 0.1) is 29.0 Å². The molecule has 0 aromatic heterocycles. The molecule has 1 amide bonds. The number of nitrogens with one attached hydrogen (secondary N) is 2. The van der Waals surface area contributed by atoms with Crippen molar-refractivity contribution in [2.24, 2.45) is 28.9 Å². The van der Waals surface area contributed by atoms with Crippen molar-refractivity contribution < 1.29 is 17.6 Å². The first-order chi connectivity index (χ1) is 13.7. The zero-order valence-electron chi connectivity index (χ0n) is 16.4. The topological polar surface area (TPSA) is 101 Å². The van der Waals surface area contributed by atoms with Gasteiger partial charge in [-0.05, 0) is 74.8 Å². The molecule has 0 heterocycles. The van der Waals surface area contributed by atoms with Crippen LogP contribution in [0.2, 0.25) is 0 Å². The Morgan fingerprint density at radius 1 is 1.14 bits per heavy atom. The molecule has 5 aliphatic rings. The highest BCUT2D eigenvalue weighted by atomic mass is 32.2. The summed E-state index contributed by atoms with van der Waals surface area (Å²) in [7, 11) is -4.00. The van der Waals surface area contributed by atoms with E-state index in [9.17, 15) is 17.6 Å². The highest BCUT2D eigenvalue weighted by Crippen LogP contribution is 2.55. The molecule has 5 saturated carbocycles. The number of hydrogen-bond donors (Lipinski definition) is 3. The number of halogens is 1. The van der Waals surface area contributed by atoms with Crippen LogP contribution < -0.4 is 15.8 Å². The molecule has 4 bridgehead atoms. The van der Waals surface area contributed by atoms with Gasteiger partial charge in [-0.3, -0.25) is 4.79 Å². The van der Waals surface area contributed by atoms with Gasteiger partial charge in [0.05, 0.1) is 5.41 Å². The van der Waals surface area contributed by atoms with Crippen LogP contribution in [0.4, 0.5) is 4.39 Å². The van der Waals surface area contributed by atoms with Crippen molar-refractivity contribution in [3.63, 3.8) is 0 Å². The van der Waals surface area contributed by atoms with Crippen LogP contribution in [0.25, 0.3) is 0 Å². The molecule has 29 heavy (non-hydrogen) atoms. The normalized spacial score (nSPS) is 36.8. The first-order valence-electron chi connectivity index (χ1n) is 10.5. The number of rotatable bonds is 6. The maximum atomic E-state index is 13.9. The van der Waals surface area contributed by atoms with Gasteiger partial charge in [-0.2, -0.15) is 0 Å². The Labute approximate surface area is 170 Å². The van der Waals surface area contributed by atoms with Crippen LogP contribution in [0.15, 0.2) is 29.2 Å². The summed E-state index contributed by atoms with van der Waals surface area (Å²) >= 11 is 0. The number of carbonyl (C=O) groups excluding carboxylic acids is 1. The van der Waals surface area contributed by atoms with Gasteiger partial charge in [0, 0.05) is 18.1 Å². The quantitative estimate of drug-likeness (QED) is 0.653. The zero-order chi connectivity index (χ0) is 20.4. The highest BCUT2D eigenvalue weighted by Gasteiger charge is 2.56. The molecular weight excluding hydrogens is 393 g/mol. The van der Waals surface area contributed by atoms with Crippen LogP contribution in [0.3, 0.4) is 0 Å². The Bertz CT molecular complexity index is 930. The van der Waals surface area contributed by atoms with Crippen LogP contribution in [-0.4, -0.2) is 32.5 Å². The van der Waals surface area contributed by atoms with E-state index in [1.165, 1.54) is 18.2 Å². The van der Waals surface area contributed by atoms with E-state index in [0.29, 0.717) is 30.6 Å². The van der Waals surface area contributed by atoms with Gasteiger partial charge in [0.1, 0.15) is 10.7 Å². The molecule has 2 atom stereocenters. The van der Waals surface area contributed by atoms with Gasteiger partial charge >= 0.3 is 0 Å². The van der Waals surface area contributed by atoms with Crippen LogP contribution in [0.1, 0.15) is 44.9 Å². The molecule has 1 aromatic carbocycles. The van der Waals surface area contributed by atoms with Gasteiger partial charge < -0.3 is 11.1 Å². The van der Waals surface area contributed by atoms with Crippen molar-refractivity contribution in [2.45, 2.75) is 61.4 Å². The third-order valence-corrected chi connectivity index (χ3v) is 9.11. The lowest BCUT2D eigenvalue weighted by Crippen LogP contribution is -2.65. The highest BCUT2D eigenvalue weighted by molar-refractivity contribution is 7.89. The van der Waals surface area contributed by atoms with Gasteiger partial charge in [-0.25, -0.2) is 17.5 Å². The molecule has 0 radical (unpaired) electrons. The number of hydrogen-bond acceptors (Lipinski definition) is 4. The summed E-state index contributed by atoms with van der Waals surface area (Å²) in [4.78, 5) is 12.7. The molecule has 4 N–H and O–H groups in total. The zero-order valence-corrected chi connectivity index (χ0v) is 17.2. The molecule has 158 valence electrons. The number of nitrogens with two attached hydrogens (primary N) is 1.